The lowest BCUT2D eigenvalue weighted by atomic mass is 10.2. The van der Waals surface area contributed by atoms with Crippen LogP contribution in [0.4, 0.5) is 4.79 Å². The molecule has 1 saturated carbocycles. The van der Waals surface area contributed by atoms with Gasteiger partial charge in [0.1, 0.15) is 6.10 Å². The molecule has 1 N–H and O–H groups in total. The van der Waals surface area contributed by atoms with Gasteiger partial charge in [-0.1, -0.05) is 42.1 Å². The molecule has 0 radical (unpaired) electrons. The van der Waals surface area contributed by atoms with E-state index in [1.807, 2.05) is 12.3 Å². The molecule has 2 aliphatic rings. The van der Waals surface area contributed by atoms with Crippen LogP contribution in [0, 0.1) is 0 Å². The van der Waals surface area contributed by atoms with Crippen LogP contribution in [0.5, 0.6) is 0 Å². The zero-order valence-electron chi connectivity index (χ0n) is 12.1. The van der Waals surface area contributed by atoms with Gasteiger partial charge in [0.25, 0.3) is 0 Å². The van der Waals surface area contributed by atoms with Crippen LogP contribution >= 0.6 is 11.8 Å². The number of rotatable bonds is 5. The lowest BCUT2D eigenvalue weighted by Gasteiger charge is -2.12. The van der Waals surface area contributed by atoms with Crippen LogP contribution in [0.3, 0.4) is 0 Å². The summed E-state index contributed by atoms with van der Waals surface area (Å²) in [4.78, 5) is 15.7. The minimum atomic E-state index is -0.318. The fourth-order valence-corrected chi connectivity index (χ4v) is 3.69. The normalized spacial score (nSPS) is 20.7. The number of benzene rings is 1. The van der Waals surface area contributed by atoms with Gasteiger partial charge in [0.15, 0.2) is 5.16 Å². The largest absolute Gasteiger partial charge is 0.443 e. The minimum absolute atomic E-state index is 0.0676. The van der Waals surface area contributed by atoms with Crippen molar-refractivity contribution in [2.75, 3.05) is 12.3 Å². The average Bonchev–Trinajstić information content (AvgIpc) is 3.16. The summed E-state index contributed by atoms with van der Waals surface area (Å²) in [6, 6.07) is 10.9. The Balaban J connectivity index is 1.55. The third-order valence-electron chi connectivity index (χ3n) is 3.89. The number of nitrogens with zero attached hydrogens (tertiary/aromatic N) is 2. The van der Waals surface area contributed by atoms with E-state index in [9.17, 15) is 4.79 Å². The molecule has 1 aromatic carbocycles. The topological polar surface area (TPSA) is 56.2 Å². The molecular formula is C16H17N3O2S. The number of ether oxygens (including phenoxy) is 1. The number of cyclic esters (lactones) is 1. The number of carbonyl (C=O) groups is 1. The third-order valence-corrected chi connectivity index (χ3v) is 4.99. The first-order valence-electron chi connectivity index (χ1n) is 7.51. The Morgan fingerprint density at radius 1 is 1.32 bits per heavy atom. The summed E-state index contributed by atoms with van der Waals surface area (Å²) in [6.45, 7) is 0.585. The van der Waals surface area contributed by atoms with Crippen LogP contribution in [0.15, 0.2) is 41.7 Å². The molecule has 6 heteroatoms. The quantitative estimate of drug-likeness (QED) is 0.862. The Bertz CT molecular complexity index is 682. The first-order valence-corrected chi connectivity index (χ1v) is 8.50. The number of hydrogen-bond acceptors (Lipinski definition) is 4. The van der Waals surface area contributed by atoms with E-state index in [0.29, 0.717) is 12.6 Å². The summed E-state index contributed by atoms with van der Waals surface area (Å²) in [7, 11) is 0. The molecule has 2 aromatic rings. The maximum atomic E-state index is 11.1. The van der Waals surface area contributed by atoms with E-state index in [1.165, 1.54) is 24.1 Å². The highest BCUT2D eigenvalue weighted by molar-refractivity contribution is 7.99. The van der Waals surface area contributed by atoms with E-state index < -0.39 is 0 Å². The molecule has 22 heavy (non-hydrogen) atoms. The molecule has 1 amide bonds. The number of amides is 1. The molecule has 1 aliphatic carbocycles. The summed E-state index contributed by atoms with van der Waals surface area (Å²) in [5.41, 5.74) is 2.37. The van der Waals surface area contributed by atoms with Gasteiger partial charge in [-0.3, -0.25) is 0 Å². The fraction of sp³-hybridized carbons (Fsp3) is 0.375. The van der Waals surface area contributed by atoms with Crippen molar-refractivity contribution in [3.63, 3.8) is 0 Å². The lowest BCUT2D eigenvalue weighted by Crippen LogP contribution is -2.17. The molecule has 4 rings (SSSR count). The Labute approximate surface area is 133 Å². The predicted molar refractivity (Wildman–Crippen MR) is 84.9 cm³/mol. The van der Waals surface area contributed by atoms with Crippen LogP contribution in [0.1, 0.15) is 18.9 Å². The van der Waals surface area contributed by atoms with Crippen LogP contribution in [0.2, 0.25) is 0 Å². The average molecular weight is 315 g/mol. The Morgan fingerprint density at radius 2 is 2.14 bits per heavy atom. The smallest absolute Gasteiger partial charge is 0.407 e. The molecule has 0 bridgehead atoms. The van der Waals surface area contributed by atoms with Gasteiger partial charge in [0.2, 0.25) is 0 Å². The second-order valence-corrected chi connectivity index (χ2v) is 6.60. The number of nitrogens with one attached hydrogen (secondary N) is 1. The fourth-order valence-electron chi connectivity index (χ4n) is 2.65. The number of imidazole rings is 1. The number of alkyl carbamates (subject to hydrolysis) is 1. The zero-order chi connectivity index (χ0) is 14.9. The van der Waals surface area contributed by atoms with Crippen molar-refractivity contribution < 1.29 is 9.53 Å². The molecule has 1 aromatic heterocycles. The van der Waals surface area contributed by atoms with Crippen molar-refractivity contribution in [2.24, 2.45) is 0 Å². The number of aromatic nitrogens is 2. The summed E-state index contributed by atoms with van der Waals surface area (Å²) >= 11 is 1.66. The van der Waals surface area contributed by atoms with Crippen LogP contribution < -0.4 is 5.32 Å². The zero-order valence-corrected chi connectivity index (χ0v) is 12.9. The van der Waals surface area contributed by atoms with Gasteiger partial charge in [0.05, 0.1) is 18.4 Å². The third kappa shape index (κ3) is 2.70. The number of hydrogen-bond donors (Lipinski definition) is 1. The Morgan fingerprint density at radius 3 is 2.82 bits per heavy atom. The van der Waals surface area contributed by atoms with Crippen molar-refractivity contribution in [3.05, 3.63) is 36.5 Å². The molecule has 2 fully saturated rings. The maximum Gasteiger partial charge on any atom is 0.407 e. The summed E-state index contributed by atoms with van der Waals surface area (Å²) < 4.78 is 7.52. The molecule has 0 unspecified atom stereocenters. The van der Waals surface area contributed by atoms with Gasteiger partial charge >= 0.3 is 6.09 Å². The monoisotopic (exact) mass is 315 g/mol. The predicted octanol–water partition coefficient (Wildman–Crippen LogP) is 3.09. The van der Waals surface area contributed by atoms with Crippen molar-refractivity contribution in [1.29, 1.82) is 0 Å². The summed E-state index contributed by atoms with van der Waals surface area (Å²) in [6.07, 6.45) is 3.99. The summed E-state index contributed by atoms with van der Waals surface area (Å²) in [5, 5.41) is 3.70. The first-order chi connectivity index (χ1) is 10.8. The highest BCUT2D eigenvalue weighted by Crippen LogP contribution is 2.42. The van der Waals surface area contributed by atoms with E-state index in [2.05, 4.69) is 39.1 Å². The van der Waals surface area contributed by atoms with Gasteiger partial charge in [0, 0.05) is 11.8 Å². The van der Waals surface area contributed by atoms with Crippen molar-refractivity contribution in [2.45, 2.75) is 30.1 Å². The molecular weight excluding hydrogens is 298 g/mol. The number of thioether (sulfide) groups is 1. The van der Waals surface area contributed by atoms with Gasteiger partial charge in [-0.05, 0) is 18.4 Å². The van der Waals surface area contributed by atoms with Crippen LogP contribution in [0.25, 0.3) is 11.3 Å². The first kappa shape index (κ1) is 13.7. The Hall–Kier alpha value is -1.95. The SMILES string of the molecule is O=C1NC[C@@H](CSc2ncc(-c3ccccc3)n2C2CC2)O1. The van der Waals surface area contributed by atoms with E-state index in [-0.39, 0.29) is 12.2 Å². The van der Waals surface area contributed by atoms with Crippen LogP contribution in [-0.2, 0) is 4.74 Å². The number of carbonyl (C=O) groups excluding carboxylic acids is 1. The van der Waals surface area contributed by atoms with E-state index in [1.54, 1.807) is 11.8 Å². The van der Waals surface area contributed by atoms with Gasteiger partial charge in [-0.15, -0.1) is 0 Å². The lowest BCUT2D eigenvalue weighted by molar-refractivity contribution is 0.150. The molecule has 1 aliphatic heterocycles. The molecule has 1 saturated heterocycles. The van der Waals surface area contributed by atoms with Crippen LogP contribution in [-0.4, -0.2) is 34.0 Å². The van der Waals surface area contributed by atoms with Crippen molar-refractivity contribution in [1.82, 2.24) is 14.9 Å². The molecule has 114 valence electrons. The molecule has 5 nitrogen and oxygen atoms in total. The van der Waals surface area contributed by atoms with E-state index in [0.717, 1.165) is 10.9 Å². The summed E-state index contributed by atoms with van der Waals surface area (Å²) in [5.74, 6) is 0.733. The second-order valence-electron chi connectivity index (χ2n) is 5.61. The molecule has 2 heterocycles. The standard InChI is InChI=1S/C16H17N3O2S/c20-16-18-8-13(21-16)10-22-15-17-9-14(19(15)12-6-7-12)11-4-2-1-3-5-11/h1-5,9,12-13H,6-8,10H2,(H,18,20)/t13-/m0/s1. The van der Waals surface area contributed by atoms with Crippen molar-refractivity contribution in [3.8, 4) is 11.3 Å². The minimum Gasteiger partial charge on any atom is -0.443 e. The van der Waals surface area contributed by atoms with Gasteiger partial charge in [-0.2, -0.15) is 0 Å². The Kier molecular flexibility index (Phi) is 3.54. The highest BCUT2D eigenvalue weighted by Gasteiger charge is 2.30. The molecule has 0 spiro atoms. The van der Waals surface area contributed by atoms with Gasteiger partial charge < -0.3 is 14.6 Å². The van der Waals surface area contributed by atoms with E-state index >= 15 is 0 Å². The van der Waals surface area contributed by atoms with Crippen molar-refractivity contribution >= 4 is 17.9 Å². The molecule has 1 atom stereocenters. The second kappa shape index (κ2) is 5.68. The van der Waals surface area contributed by atoms with Gasteiger partial charge in [-0.25, -0.2) is 9.78 Å². The maximum absolute atomic E-state index is 11.1. The van der Waals surface area contributed by atoms with E-state index in [4.69, 9.17) is 4.74 Å². The highest BCUT2D eigenvalue weighted by atomic mass is 32.2.